The number of piperidine rings is 1. The molecule has 1 unspecified atom stereocenters. The van der Waals surface area contributed by atoms with Crippen LogP contribution >= 0.6 is 0 Å². The highest BCUT2D eigenvalue weighted by atomic mass is 32.2. The maximum atomic E-state index is 13.2. The van der Waals surface area contributed by atoms with Crippen molar-refractivity contribution in [3.8, 4) is 0 Å². The summed E-state index contributed by atoms with van der Waals surface area (Å²) in [6, 6.07) is 11.8. The molecule has 2 saturated heterocycles. The van der Waals surface area contributed by atoms with Crippen LogP contribution in [-0.2, 0) is 19.6 Å². The summed E-state index contributed by atoms with van der Waals surface area (Å²) >= 11 is 0. The van der Waals surface area contributed by atoms with Crippen molar-refractivity contribution in [1.29, 1.82) is 0 Å². The molecule has 164 valence electrons. The second-order valence-electron chi connectivity index (χ2n) is 7.84. The molecule has 31 heavy (non-hydrogen) atoms. The lowest BCUT2D eigenvalue weighted by molar-refractivity contribution is -0.121. The molecule has 2 aromatic carbocycles. The Hall–Kier alpha value is -2.78. The fourth-order valence-corrected chi connectivity index (χ4v) is 5.57. The van der Waals surface area contributed by atoms with Gasteiger partial charge in [-0.3, -0.25) is 9.59 Å². The fourth-order valence-electron chi connectivity index (χ4n) is 4.05. The van der Waals surface area contributed by atoms with Crippen LogP contribution in [0, 0.1) is 11.7 Å². The first-order valence-corrected chi connectivity index (χ1v) is 11.8. The molecule has 0 spiro atoms. The van der Waals surface area contributed by atoms with E-state index in [4.69, 9.17) is 0 Å². The fraction of sp³-hybridized carbons (Fsp3) is 0.364. The molecule has 2 amide bonds. The molecular formula is C22H24FN3O4S. The second kappa shape index (κ2) is 8.76. The molecule has 2 aliphatic heterocycles. The molecule has 2 fully saturated rings. The van der Waals surface area contributed by atoms with Gasteiger partial charge in [-0.25, -0.2) is 12.8 Å². The molecule has 2 heterocycles. The number of carbonyl (C=O) groups is 2. The molecule has 1 N–H and O–H groups in total. The Morgan fingerprint density at radius 3 is 2.55 bits per heavy atom. The maximum Gasteiger partial charge on any atom is 0.243 e. The summed E-state index contributed by atoms with van der Waals surface area (Å²) < 4.78 is 40.2. The summed E-state index contributed by atoms with van der Waals surface area (Å²) in [5.41, 5.74) is 1.31. The lowest BCUT2D eigenvalue weighted by Gasteiger charge is -2.31. The molecule has 7 nitrogen and oxygen atoms in total. The van der Waals surface area contributed by atoms with Crippen molar-refractivity contribution in [3.63, 3.8) is 0 Å². The third-order valence-electron chi connectivity index (χ3n) is 5.71. The Labute approximate surface area is 180 Å². The summed E-state index contributed by atoms with van der Waals surface area (Å²) in [4.78, 5) is 26.5. The van der Waals surface area contributed by atoms with Gasteiger partial charge in [0, 0.05) is 37.4 Å². The zero-order valence-corrected chi connectivity index (χ0v) is 17.8. The smallest absolute Gasteiger partial charge is 0.243 e. The Balaban J connectivity index is 1.45. The molecule has 2 aromatic rings. The number of carbonyl (C=O) groups excluding carboxylic acids is 2. The third-order valence-corrected chi connectivity index (χ3v) is 7.58. The van der Waals surface area contributed by atoms with E-state index in [0.717, 1.165) is 24.2 Å². The van der Waals surface area contributed by atoms with Gasteiger partial charge in [0.25, 0.3) is 0 Å². The number of benzene rings is 2. The molecule has 4 rings (SSSR count). The van der Waals surface area contributed by atoms with Crippen molar-refractivity contribution in [1.82, 2.24) is 4.31 Å². The minimum Gasteiger partial charge on any atom is -0.326 e. The number of nitrogens with zero attached hydrogens (tertiary/aromatic N) is 2. The average molecular weight is 446 g/mol. The van der Waals surface area contributed by atoms with Crippen LogP contribution in [0.4, 0.5) is 15.8 Å². The van der Waals surface area contributed by atoms with Crippen LogP contribution < -0.4 is 10.2 Å². The van der Waals surface area contributed by atoms with Gasteiger partial charge in [0.15, 0.2) is 0 Å². The van der Waals surface area contributed by atoms with Crippen LogP contribution in [0.5, 0.6) is 0 Å². The van der Waals surface area contributed by atoms with E-state index in [0.29, 0.717) is 38.0 Å². The van der Waals surface area contributed by atoms with Crippen molar-refractivity contribution in [2.75, 3.05) is 29.9 Å². The van der Waals surface area contributed by atoms with Crippen molar-refractivity contribution >= 4 is 33.2 Å². The highest BCUT2D eigenvalue weighted by Gasteiger charge is 2.33. The van der Waals surface area contributed by atoms with Gasteiger partial charge in [-0.1, -0.05) is 6.07 Å². The van der Waals surface area contributed by atoms with Gasteiger partial charge in [0.1, 0.15) is 5.82 Å². The molecular weight excluding hydrogens is 421 g/mol. The standard InChI is InChI=1S/C22H24FN3O4S/c23-17-8-10-20(11-9-17)31(29,30)25-12-2-4-16(15-25)22(28)24-18-5-1-6-19(14-18)26-13-3-7-21(26)27/h1,5-6,8-11,14,16H,2-4,7,12-13,15H2,(H,24,28). The van der Waals surface area contributed by atoms with Gasteiger partial charge in [0.2, 0.25) is 21.8 Å². The number of halogens is 1. The minimum absolute atomic E-state index is 0.0120. The van der Waals surface area contributed by atoms with Crippen molar-refractivity contribution in [3.05, 3.63) is 54.3 Å². The van der Waals surface area contributed by atoms with Crippen molar-refractivity contribution in [2.24, 2.45) is 5.92 Å². The highest BCUT2D eigenvalue weighted by molar-refractivity contribution is 7.89. The van der Waals surface area contributed by atoms with E-state index in [1.165, 1.54) is 16.4 Å². The SMILES string of the molecule is O=C(Nc1cccc(N2CCCC2=O)c1)C1CCCN(S(=O)(=O)c2ccc(F)cc2)C1. The van der Waals surface area contributed by atoms with E-state index < -0.39 is 21.8 Å². The van der Waals surface area contributed by atoms with Gasteiger partial charge in [-0.2, -0.15) is 4.31 Å². The Morgan fingerprint density at radius 2 is 1.84 bits per heavy atom. The summed E-state index contributed by atoms with van der Waals surface area (Å²) in [7, 11) is -3.80. The number of amides is 2. The van der Waals surface area contributed by atoms with Crippen LogP contribution in [0.25, 0.3) is 0 Å². The zero-order chi connectivity index (χ0) is 22.0. The van der Waals surface area contributed by atoms with Crippen LogP contribution in [-0.4, -0.2) is 44.2 Å². The number of sulfonamides is 1. The summed E-state index contributed by atoms with van der Waals surface area (Å²) in [6.45, 7) is 1.04. The van der Waals surface area contributed by atoms with E-state index in [-0.39, 0.29) is 23.3 Å². The first kappa shape index (κ1) is 21.5. The predicted octanol–water partition coefficient (Wildman–Crippen LogP) is 2.99. The van der Waals surface area contributed by atoms with Crippen LogP contribution in [0.15, 0.2) is 53.4 Å². The van der Waals surface area contributed by atoms with Gasteiger partial charge in [0.05, 0.1) is 10.8 Å². The van der Waals surface area contributed by atoms with E-state index in [9.17, 15) is 22.4 Å². The Bertz CT molecular complexity index is 1090. The number of nitrogens with one attached hydrogen (secondary N) is 1. The minimum atomic E-state index is -3.80. The molecule has 2 aliphatic rings. The molecule has 1 atom stereocenters. The monoisotopic (exact) mass is 445 g/mol. The number of rotatable bonds is 5. The highest BCUT2D eigenvalue weighted by Crippen LogP contribution is 2.27. The topological polar surface area (TPSA) is 86.8 Å². The lowest BCUT2D eigenvalue weighted by Crippen LogP contribution is -2.43. The van der Waals surface area contributed by atoms with Crippen molar-refractivity contribution < 1.29 is 22.4 Å². The number of hydrogen-bond donors (Lipinski definition) is 1. The largest absolute Gasteiger partial charge is 0.326 e. The zero-order valence-electron chi connectivity index (χ0n) is 17.0. The Morgan fingerprint density at radius 1 is 1.06 bits per heavy atom. The summed E-state index contributed by atoms with van der Waals surface area (Å²) in [5.74, 6) is -1.20. The number of anilines is 2. The van der Waals surface area contributed by atoms with Crippen molar-refractivity contribution in [2.45, 2.75) is 30.6 Å². The number of hydrogen-bond acceptors (Lipinski definition) is 4. The van der Waals surface area contributed by atoms with Crippen LogP contribution in [0.3, 0.4) is 0 Å². The molecule has 0 aliphatic carbocycles. The maximum absolute atomic E-state index is 13.2. The van der Waals surface area contributed by atoms with Crippen LogP contribution in [0.1, 0.15) is 25.7 Å². The van der Waals surface area contributed by atoms with Crippen LogP contribution in [0.2, 0.25) is 0 Å². The van der Waals surface area contributed by atoms with E-state index in [2.05, 4.69) is 5.32 Å². The lowest BCUT2D eigenvalue weighted by atomic mass is 9.98. The average Bonchev–Trinajstić information content (AvgIpc) is 3.20. The first-order valence-electron chi connectivity index (χ1n) is 10.3. The second-order valence-corrected chi connectivity index (χ2v) is 9.78. The molecule has 9 heteroatoms. The van der Waals surface area contributed by atoms with E-state index in [1.54, 1.807) is 23.1 Å². The Kier molecular flexibility index (Phi) is 6.06. The third kappa shape index (κ3) is 4.62. The van der Waals surface area contributed by atoms with Gasteiger partial charge >= 0.3 is 0 Å². The van der Waals surface area contributed by atoms with Gasteiger partial charge in [-0.05, 0) is 61.7 Å². The van der Waals surface area contributed by atoms with Gasteiger partial charge < -0.3 is 10.2 Å². The normalized spacial score (nSPS) is 20.1. The molecule has 0 saturated carbocycles. The first-order chi connectivity index (χ1) is 14.8. The van der Waals surface area contributed by atoms with E-state index in [1.807, 2.05) is 6.07 Å². The molecule has 0 bridgehead atoms. The quantitative estimate of drug-likeness (QED) is 0.767. The summed E-state index contributed by atoms with van der Waals surface area (Å²) in [5, 5.41) is 2.86. The molecule has 0 radical (unpaired) electrons. The molecule has 0 aromatic heterocycles. The predicted molar refractivity (Wildman–Crippen MR) is 115 cm³/mol. The van der Waals surface area contributed by atoms with Gasteiger partial charge in [-0.15, -0.1) is 0 Å². The summed E-state index contributed by atoms with van der Waals surface area (Å²) in [6.07, 6.45) is 2.47. The van der Waals surface area contributed by atoms with E-state index >= 15 is 0 Å².